The van der Waals surface area contributed by atoms with Crippen molar-refractivity contribution in [1.82, 2.24) is 14.9 Å². The highest BCUT2D eigenvalue weighted by Gasteiger charge is 2.29. The van der Waals surface area contributed by atoms with Crippen molar-refractivity contribution in [3.8, 4) is 0 Å². The number of carbonyl (C=O) groups excluding carboxylic acids is 2. The third kappa shape index (κ3) is 6.32. The van der Waals surface area contributed by atoms with Gasteiger partial charge in [0.2, 0.25) is 15.9 Å². The van der Waals surface area contributed by atoms with E-state index in [9.17, 15) is 18.0 Å². The summed E-state index contributed by atoms with van der Waals surface area (Å²) in [6.45, 7) is 4.93. The van der Waals surface area contributed by atoms with Crippen molar-refractivity contribution in [2.75, 3.05) is 26.3 Å². The van der Waals surface area contributed by atoms with Gasteiger partial charge in [-0.1, -0.05) is 43.6 Å². The van der Waals surface area contributed by atoms with Crippen LogP contribution in [0.25, 0.3) is 0 Å². The molecule has 178 valence electrons. The Hall–Kier alpha value is -2.46. The number of rotatable bonds is 8. The van der Waals surface area contributed by atoms with Crippen LogP contribution in [0, 0.1) is 5.92 Å². The van der Waals surface area contributed by atoms with Gasteiger partial charge in [0, 0.05) is 30.2 Å². The van der Waals surface area contributed by atoms with Crippen LogP contribution < -0.4 is 10.6 Å². The van der Waals surface area contributed by atoms with E-state index in [0.717, 1.165) is 0 Å². The molecule has 10 heteroatoms. The van der Waals surface area contributed by atoms with Crippen molar-refractivity contribution in [3.05, 3.63) is 64.7 Å². The number of carbonyl (C=O) groups is 2. The second-order valence-corrected chi connectivity index (χ2v) is 10.4. The number of sulfonamides is 1. The van der Waals surface area contributed by atoms with Crippen molar-refractivity contribution < 1.29 is 22.7 Å². The van der Waals surface area contributed by atoms with Crippen molar-refractivity contribution >= 4 is 33.4 Å². The second kappa shape index (κ2) is 11.1. The lowest BCUT2D eigenvalue weighted by Gasteiger charge is -2.27. The number of ether oxygens (including phenoxy) is 1. The Morgan fingerprint density at radius 1 is 1.06 bits per heavy atom. The summed E-state index contributed by atoms with van der Waals surface area (Å²) in [7, 11) is -3.71. The zero-order valence-electron chi connectivity index (χ0n) is 18.6. The van der Waals surface area contributed by atoms with E-state index < -0.39 is 27.9 Å². The lowest BCUT2D eigenvalue weighted by Crippen LogP contribution is -2.49. The summed E-state index contributed by atoms with van der Waals surface area (Å²) in [5.74, 6) is -0.977. The average Bonchev–Trinajstić information content (AvgIpc) is 2.81. The van der Waals surface area contributed by atoms with Gasteiger partial charge in [0.15, 0.2) is 0 Å². The van der Waals surface area contributed by atoms with Gasteiger partial charge in [0.05, 0.1) is 18.1 Å². The van der Waals surface area contributed by atoms with Gasteiger partial charge in [-0.3, -0.25) is 9.59 Å². The zero-order valence-corrected chi connectivity index (χ0v) is 20.2. The molecule has 8 nitrogen and oxygen atoms in total. The Bertz CT molecular complexity index is 1080. The van der Waals surface area contributed by atoms with Gasteiger partial charge in [0.25, 0.3) is 5.91 Å². The summed E-state index contributed by atoms with van der Waals surface area (Å²) in [5.41, 5.74) is 0.865. The minimum atomic E-state index is -3.71. The molecule has 0 aliphatic carbocycles. The number of hydrogen-bond acceptors (Lipinski definition) is 5. The Kier molecular flexibility index (Phi) is 8.47. The normalized spacial score (nSPS) is 15.8. The average molecular weight is 494 g/mol. The van der Waals surface area contributed by atoms with Crippen LogP contribution in [0.1, 0.15) is 29.8 Å². The molecule has 3 rings (SSSR count). The van der Waals surface area contributed by atoms with Crippen LogP contribution in [-0.4, -0.2) is 56.9 Å². The van der Waals surface area contributed by atoms with Crippen molar-refractivity contribution in [2.24, 2.45) is 5.92 Å². The zero-order chi connectivity index (χ0) is 24.0. The van der Waals surface area contributed by atoms with Gasteiger partial charge in [-0.05, 0) is 41.8 Å². The minimum absolute atomic E-state index is 0.0125. The molecule has 1 unspecified atom stereocenters. The van der Waals surface area contributed by atoms with Gasteiger partial charge in [0.1, 0.15) is 6.04 Å². The SMILES string of the molecule is CC(C)C(NC(=O)c1ccc(Cl)cc1)C(=O)NCc1ccccc1S(=O)(=O)N1CCOCC1. The number of nitrogens with one attached hydrogen (secondary N) is 2. The maximum atomic E-state index is 13.1. The molecule has 1 atom stereocenters. The standard InChI is InChI=1S/C23H28ClN3O5S/c1-16(2)21(26-22(28)17-7-9-19(24)10-8-17)23(29)25-15-18-5-3-4-6-20(18)33(30,31)27-11-13-32-14-12-27/h3-10,16,21H,11-15H2,1-2H3,(H,25,29)(H,26,28). The van der Waals surface area contributed by atoms with E-state index in [2.05, 4.69) is 10.6 Å². The molecule has 33 heavy (non-hydrogen) atoms. The number of halogens is 1. The quantitative estimate of drug-likeness (QED) is 0.587. The molecule has 0 bridgehead atoms. The number of benzene rings is 2. The van der Waals surface area contributed by atoms with Crippen molar-refractivity contribution in [3.63, 3.8) is 0 Å². The second-order valence-electron chi connectivity index (χ2n) is 8.04. The fourth-order valence-electron chi connectivity index (χ4n) is 3.48. The van der Waals surface area contributed by atoms with Gasteiger partial charge in [-0.25, -0.2) is 8.42 Å². The summed E-state index contributed by atoms with van der Waals surface area (Å²) >= 11 is 5.87. The van der Waals surface area contributed by atoms with Gasteiger partial charge in [-0.2, -0.15) is 4.31 Å². The molecule has 1 heterocycles. The van der Waals surface area contributed by atoms with E-state index in [1.54, 1.807) is 42.5 Å². The topological polar surface area (TPSA) is 105 Å². The van der Waals surface area contributed by atoms with Crippen LogP contribution >= 0.6 is 11.6 Å². The molecule has 1 aliphatic heterocycles. The lowest BCUT2D eigenvalue weighted by atomic mass is 10.0. The molecular weight excluding hydrogens is 466 g/mol. The highest BCUT2D eigenvalue weighted by molar-refractivity contribution is 7.89. The Morgan fingerprint density at radius 2 is 1.70 bits per heavy atom. The largest absolute Gasteiger partial charge is 0.379 e. The fourth-order valence-corrected chi connectivity index (χ4v) is 5.24. The molecule has 0 saturated carbocycles. The van der Waals surface area contributed by atoms with E-state index >= 15 is 0 Å². The molecule has 0 radical (unpaired) electrons. The maximum Gasteiger partial charge on any atom is 0.251 e. The van der Waals surface area contributed by atoms with Crippen molar-refractivity contribution in [2.45, 2.75) is 31.3 Å². The molecule has 1 fully saturated rings. The fraction of sp³-hybridized carbons (Fsp3) is 0.391. The molecule has 0 aromatic heterocycles. The predicted molar refractivity (Wildman–Crippen MR) is 125 cm³/mol. The third-order valence-corrected chi connectivity index (χ3v) is 7.61. The number of morpholine rings is 1. The number of nitrogens with zero attached hydrogens (tertiary/aromatic N) is 1. The van der Waals surface area contributed by atoms with Crippen LogP contribution in [0.4, 0.5) is 0 Å². The van der Waals surface area contributed by atoms with E-state index in [1.807, 2.05) is 13.8 Å². The monoisotopic (exact) mass is 493 g/mol. The van der Waals surface area contributed by atoms with Crippen LogP contribution in [0.5, 0.6) is 0 Å². The predicted octanol–water partition coefficient (Wildman–Crippen LogP) is 2.43. The summed E-state index contributed by atoms with van der Waals surface area (Å²) < 4.78 is 32.9. The summed E-state index contributed by atoms with van der Waals surface area (Å²) in [6.07, 6.45) is 0. The van der Waals surface area contributed by atoms with E-state index in [0.29, 0.717) is 29.4 Å². The van der Waals surface area contributed by atoms with Crippen molar-refractivity contribution in [1.29, 1.82) is 0 Å². The van der Waals surface area contributed by atoms with Crippen LogP contribution in [-0.2, 0) is 26.1 Å². The Labute approximate surface area is 199 Å². The molecule has 2 aromatic carbocycles. The molecule has 1 aliphatic rings. The summed E-state index contributed by atoms with van der Waals surface area (Å²) in [6, 6.07) is 12.2. The van der Waals surface area contributed by atoms with Crippen LogP contribution in [0.15, 0.2) is 53.4 Å². The first-order valence-corrected chi connectivity index (χ1v) is 12.5. The molecule has 1 saturated heterocycles. The molecule has 2 aromatic rings. The van der Waals surface area contributed by atoms with Crippen LogP contribution in [0.2, 0.25) is 5.02 Å². The molecular formula is C23H28ClN3O5S. The Morgan fingerprint density at radius 3 is 2.33 bits per heavy atom. The molecule has 2 N–H and O–H groups in total. The van der Waals surface area contributed by atoms with E-state index in [4.69, 9.17) is 16.3 Å². The van der Waals surface area contributed by atoms with E-state index in [-0.39, 0.29) is 30.4 Å². The van der Waals surface area contributed by atoms with Crippen LogP contribution in [0.3, 0.4) is 0 Å². The highest BCUT2D eigenvalue weighted by Crippen LogP contribution is 2.21. The van der Waals surface area contributed by atoms with Gasteiger partial charge < -0.3 is 15.4 Å². The van der Waals surface area contributed by atoms with E-state index in [1.165, 1.54) is 10.4 Å². The number of hydrogen-bond donors (Lipinski definition) is 2. The summed E-state index contributed by atoms with van der Waals surface area (Å²) in [5, 5.41) is 6.04. The van der Waals surface area contributed by atoms with Gasteiger partial charge in [-0.15, -0.1) is 0 Å². The number of amides is 2. The molecule has 0 spiro atoms. The maximum absolute atomic E-state index is 13.1. The molecule has 2 amide bonds. The first-order valence-electron chi connectivity index (χ1n) is 10.7. The minimum Gasteiger partial charge on any atom is -0.379 e. The van der Waals surface area contributed by atoms with Gasteiger partial charge >= 0.3 is 0 Å². The Balaban J connectivity index is 1.71. The first-order chi connectivity index (χ1) is 15.7. The highest BCUT2D eigenvalue weighted by atomic mass is 35.5. The summed E-state index contributed by atoms with van der Waals surface area (Å²) in [4.78, 5) is 25.7. The third-order valence-electron chi connectivity index (χ3n) is 5.36. The smallest absolute Gasteiger partial charge is 0.251 e. The first kappa shape index (κ1) is 25.2. The lowest BCUT2D eigenvalue weighted by molar-refractivity contribution is -0.124.